The van der Waals surface area contributed by atoms with Crippen molar-refractivity contribution in [3.8, 4) is 0 Å². The molecule has 0 bridgehead atoms. The van der Waals surface area contributed by atoms with Crippen LogP contribution in [0.15, 0.2) is 12.4 Å². The Kier molecular flexibility index (Phi) is 4.00. The number of aryl methyl sites for hydroxylation is 1. The van der Waals surface area contributed by atoms with Gasteiger partial charge in [0.05, 0.1) is 6.54 Å². The van der Waals surface area contributed by atoms with Crippen LogP contribution in [0.2, 0.25) is 0 Å². The molecule has 14 heavy (non-hydrogen) atoms. The van der Waals surface area contributed by atoms with Crippen molar-refractivity contribution >= 4 is 18.5 Å². The lowest BCUT2D eigenvalue weighted by molar-refractivity contribution is -0.130. The van der Waals surface area contributed by atoms with Gasteiger partial charge in [-0.25, -0.2) is 4.98 Å². The highest BCUT2D eigenvalue weighted by Crippen LogP contribution is 2.01. The molecule has 4 nitrogen and oxygen atoms in total. The van der Waals surface area contributed by atoms with Crippen LogP contribution in [-0.4, -0.2) is 33.2 Å². The maximum Gasteiger partial charge on any atom is 0.223 e. The highest BCUT2D eigenvalue weighted by Gasteiger charge is 2.09. The van der Waals surface area contributed by atoms with Crippen LogP contribution in [0, 0.1) is 0 Å². The number of hydrogen-bond acceptors (Lipinski definition) is 3. The highest BCUT2D eigenvalue weighted by molar-refractivity contribution is 7.80. The van der Waals surface area contributed by atoms with E-state index in [1.807, 2.05) is 17.8 Å². The summed E-state index contributed by atoms with van der Waals surface area (Å²) in [6, 6.07) is 0. The molecule has 0 saturated carbocycles. The number of nitrogens with zero attached hydrogens (tertiary/aromatic N) is 3. The van der Waals surface area contributed by atoms with Crippen LogP contribution in [0.4, 0.5) is 0 Å². The Hall–Kier alpha value is -0.970. The number of hydrogen-bond donors (Lipinski definition) is 1. The number of carbonyl (C=O) groups is 1. The Bertz CT molecular complexity index is 311. The van der Waals surface area contributed by atoms with E-state index < -0.39 is 0 Å². The molecular weight excluding hydrogens is 198 g/mol. The van der Waals surface area contributed by atoms with Crippen LogP contribution in [0.5, 0.6) is 0 Å². The smallest absolute Gasteiger partial charge is 0.223 e. The average molecular weight is 213 g/mol. The van der Waals surface area contributed by atoms with E-state index in [-0.39, 0.29) is 5.91 Å². The number of carbonyl (C=O) groups excluding carboxylic acids is 1. The molecule has 0 unspecified atom stereocenters. The molecule has 1 aromatic rings. The second-order valence-electron chi connectivity index (χ2n) is 3.18. The predicted octanol–water partition coefficient (Wildman–Crippen LogP) is 0.698. The Morgan fingerprint density at radius 2 is 2.43 bits per heavy atom. The van der Waals surface area contributed by atoms with Gasteiger partial charge in [0.15, 0.2) is 0 Å². The van der Waals surface area contributed by atoms with Gasteiger partial charge in [-0.05, 0) is 5.75 Å². The van der Waals surface area contributed by atoms with E-state index in [9.17, 15) is 4.79 Å². The van der Waals surface area contributed by atoms with Crippen LogP contribution in [0.3, 0.4) is 0 Å². The molecule has 0 N–H and O–H groups in total. The van der Waals surface area contributed by atoms with Gasteiger partial charge in [0.1, 0.15) is 5.82 Å². The zero-order chi connectivity index (χ0) is 10.6. The molecule has 0 spiro atoms. The number of amides is 1. The lowest BCUT2D eigenvalue weighted by Gasteiger charge is -2.16. The molecule has 0 atom stereocenters. The van der Waals surface area contributed by atoms with E-state index in [0.29, 0.717) is 18.7 Å². The minimum Gasteiger partial charge on any atom is -0.338 e. The van der Waals surface area contributed by atoms with Crippen molar-refractivity contribution in [2.75, 3.05) is 12.8 Å². The van der Waals surface area contributed by atoms with Crippen LogP contribution in [0.1, 0.15) is 12.2 Å². The number of aromatic nitrogens is 2. The van der Waals surface area contributed by atoms with Gasteiger partial charge in [0.25, 0.3) is 0 Å². The molecule has 0 radical (unpaired) electrons. The topological polar surface area (TPSA) is 38.1 Å². The van der Waals surface area contributed by atoms with Crippen LogP contribution in [0.25, 0.3) is 0 Å². The lowest BCUT2D eigenvalue weighted by Crippen LogP contribution is -2.27. The molecule has 1 amide bonds. The first-order chi connectivity index (χ1) is 6.65. The van der Waals surface area contributed by atoms with Gasteiger partial charge in [-0.15, -0.1) is 0 Å². The molecular formula is C9H15N3OS. The van der Waals surface area contributed by atoms with Gasteiger partial charge in [-0.1, -0.05) is 0 Å². The summed E-state index contributed by atoms with van der Waals surface area (Å²) in [7, 11) is 3.69. The first-order valence-electron chi connectivity index (χ1n) is 4.46. The van der Waals surface area contributed by atoms with Crippen molar-refractivity contribution in [1.82, 2.24) is 14.5 Å². The molecule has 5 heteroatoms. The minimum atomic E-state index is 0.100. The van der Waals surface area contributed by atoms with E-state index in [2.05, 4.69) is 17.6 Å². The van der Waals surface area contributed by atoms with E-state index in [4.69, 9.17) is 0 Å². The Morgan fingerprint density at radius 1 is 1.71 bits per heavy atom. The van der Waals surface area contributed by atoms with E-state index in [1.165, 1.54) is 0 Å². The average Bonchev–Trinajstić information content (AvgIpc) is 2.52. The Morgan fingerprint density at radius 3 is 2.93 bits per heavy atom. The van der Waals surface area contributed by atoms with Crippen molar-refractivity contribution < 1.29 is 4.79 Å². The molecule has 0 fully saturated rings. The Balaban J connectivity index is 2.52. The van der Waals surface area contributed by atoms with Crippen molar-refractivity contribution in [3.63, 3.8) is 0 Å². The summed E-state index contributed by atoms with van der Waals surface area (Å²) in [5, 5.41) is 0. The molecule has 1 heterocycles. The maximum atomic E-state index is 11.4. The zero-order valence-electron chi connectivity index (χ0n) is 8.47. The quantitative estimate of drug-likeness (QED) is 0.748. The molecule has 78 valence electrons. The SMILES string of the molecule is CN(Cc1nccn1C)C(=O)CCS. The van der Waals surface area contributed by atoms with E-state index in [0.717, 1.165) is 5.82 Å². The summed E-state index contributed by atoms with van der Waals surface area (Å²) >= 11 is 4.02. The van der Waals surface area contributed by atoms with Gasteiger partial charge in [-0.3, -0.25) is 4.79 Å². The molecule has 0 aliphatic heterocycles. The van der Waals surface area contributed by atoms with Crippen molar-refractivity contribution in [2.24, 2.45) is 7.05 Å². The van der Waals surface area contributed by atoms with Gasteiger partial charge >= 0.3 is 0 Å². The predicted molar refractivity (Wildman–Crippen MR) is 58.2 cm³/mol. The van der Waals surface area contributed by atoms with Gasteiger partial charge in [0.2, 0.25) is 5.91 Å². The third-order valence-corrected chi connectivity index (χ3v) is 2.27. The summed E-state index contributed by atoms with van der Waals surface area (Å²) in [6.45, 7) is 0.552. The molecule has 1 aromatic heterocycles. The zero-order valence-corrected chi connectivity index (χ0v) is 9.37. The molecule has 1 rings (SSSR count). The summed E-state index contributed by atoms with van der Waals surface area (Å²) in [5.74, 6) is 1.58. The van der Waals surface area contributed by atoms with Crippen LogP contribution >= 0.6 is 12.6 Å². The van der Waals surface area contributed by atoms with Crippen LogP contribution in [-0.2, 0) is 18.4 Å². The second-order valence-corrected chi connectivity index (χ2v) is 3.62. The highest BCUT2D eigenvalue weighted by atomic mass is 32.1. The van der Waals surface area contributed by atoms with Crippen LogP contribution < -0.4 is 0 Å². The second kappa shape index (κ2) is 5.05. The molecule has 0 aliphatic rings. The fourth-order valence-corrected chi connectivity index (χ4v) is 1.33. The van der Waals surface area contributed by atoms with Gasteiger partial charge in [-0.2, -0.15) is 12.6 Å². The van der Waals surface area contributed by atoms with Crippen molar-refractivity contribution in [3.05, 3.63) is 18.2 Å². The van der Waals surface area contributed by atoms with Gasteiger partial charge in [0, 0.05) is 32.9 Å². The largest absolute Gasteiger partial charge is 0.338 e. The molecule has 0 aliphatic carbocycles. The first kappa shape index (κ1) is 11.1. The lowest BCUT2D eigenvalue weighted by atomic mass is 10.4. The summed E-state index contributed by atoms with van der Waals surface area (Å²) in [4.78, 5) is 17.2. The summed E-state index contributed by atoms with van der Waals surface area (Å²) in [6.07, 6.45) is 4.07. The van der Waals surface area contributed by atoms with Gasteiger partial charge < -0.3 is 9.47 Å². The normalized spacial score (nSPS) is 10.2. The fraction of sp³-hybridized carbons (Fsp3) is 0.556. The number of rotatable bonds is 4. The molecule has 0 saturated heterocycles. The van der Waals surface area contributed by atoms with Crippen molar-refractivity contribution in [1.29, 1.82) is 0 Å². The molecule has 0 aromatic carbocycles. The minimum absolute atomic E-state index is 0.100. The third kappa shape index (κ3) is 2.77. The van der Waals surface area contributed by atoms with Crippen molar-refractivity contribution in [2.45, 2.75) is 13.0 Å². The number of imidazole rings is 1. The maximum absolute atomic E-state index is 11.4. The fourth-order valence-electron chi connectivity index (χ4n) is 1.14. The first-order valence-corrected chi connectivity index (χ1v) is 5.09. The third-order valence-electron chi connectivity index (χ3n) is 2.05. The Labute approximate surface area is 89.3 Å². The van der Waals surface area contributed by atoms with E-state index >= 15 is 0 Å². The number of thiol groups is 1. The monoisotopic (exact) mass is 213 g/mol. The summed E-state index contributed by atoms with van der Waals surface area (Å²) < 4.78 is 1.91. The summed E-state index contributed by atoms with van der Waals surface area (Å²) in [5.41, 5.74) is 0. The standard InChI is InChI=1S/C9H15N3OS/c1-11-5-4-10-8(11)7-12(2)9(13)3-6-14/h4-5,14H,3,6-7H2,1-2H3. The van der Waals surface area contributed by atoms with E-state index in [1.54, 1.807) is 18.1 Å².